The van der Waals surface area contributed by atoms with Gasteiger partial charge in [0.05, 0.1) is 0 Å². The highest BCUT2D eigenvalue weighted by Gasteiger charge is 2.30. The van der Waals surface area contributed by atoms with E-state index in [9.17, 15) is 4.79 Å². The van der Waals surface area contributed by atoms with E-state index in [0.29, 0.717) is 12.3 Å². The molecule has 1 fully saturated rings. The van der Waals surface area contributed by atoms with Crippen molar-refractivity contribution in [1.29, 1.82) is 0 Å². The molecular weight excluding hydrogens is 252 g/mol. The summed E-state index contributed by atoms with van der Waals surface area (Å²) in [6.07, 6.45) is 3.38. The number of aromatic nitrogens is 3. The lowest BCUT2D eigenvalue weighted by molar-refractivity contribution is -0.129. The molecule has 1 saturated heterocycles. The fraction of sp³-hybridized carbons (Fsp3) is 0.533. The summed E-state index contributed by atoms with van der Waals surface area (Å²) in [5.41, 5.74) is 1.90. The van der Waals surface area contributed by atoms with Crippen LogP contribution in [-0.2, 0) is 11.3 Å². The van der Waals surface area contributed by atoms with Crippen LogP contribution in [0.5, 0.6) is 0 Å². The summed E-state index contributed by atoms with van der Waals surface area (Å²) >= 11 is 0. The largest absolute Gasteiger partial charge is 0.342 e. The van der Waals surface area contributed by atoms with E-state index in [1.165, 1.54) is 0 Å². The molecule has 20 heavy (non-hydrogen) atoms. The second-order valence-corrected chi connectivity index (χ2v) is 5.24. The minimum absolute atomic E-state index is 0.241. The third-order valence-electron chi connectivity index (χ3n) is 4.06. The topological polar surface area (TPSA) is 51.0 Å². The average Bonchev–Trinajstić information content (AvgIpc) is 3.10. The monoisotopic (exact) mass is 272 g/mol. The smallest absolute Gasteiger partial charge is 0.222 e. The van der Waals surface area contributed by atoms with E-state index >= 15 is 0 Å². The van der Waals surface area contributed by atoms with E-state index in [2.05, 4.69) is 16.5 Å². The number of hydrogen-bond acceptors (Lipinski definition) is 3. The Morgan fingerprint density at radius 1 is 1.45 bits per heavy atom. The van der Waals surface area contributed by atoms with Crippen LogP contribution in [-0.4, -0.2) is 38.4 Å². The Bertz CT molecular complexity index is 634. The number of rotatable bonds is 3. The number of imidazole rings is 1. The molecule has 0 saturated carbocycles. The summed E-state index contributed by atoms with van der Waals surface area (Å²) in [7, 11) is 0. The molecule has 3 rings (SSSR count). The Morgan fingerprint density at radius 2 is 2.30 bits per heavy atom. The van der Waals surface area contributed by atoms with E-state index in [0.717, 1.165) is 43.0 Å². The first-order valence-electron chi connectivity index (χ1n) is 7.33. The quantitative estimate of drug-likeness (QED) is 0.860. The van der Waals surface area contributed by atoms with E-state index in [1.807, 2.05) is 30.2 Å². The molecule has 2 aromatic rings. The molecular formula is C15H20N4O. The minimum Gasteiger partial charge on any atom is -0.342 e. The van der Waals surface area contributed by atoms with Crippen molar-refractivity contribution in [3.05, 3.63) is 24.2 Å². The number of aryl methyl sites for hydroxylation is 1. The van der Waals surface area contributed by atoms with Crippen LogP contribution in [0.4, 0.5) is 0 Å². The van der Waals surface area contributed by atoms with Gasteiger partial charge in [0.25, 0.3) is 0 Å². The molecule has 1 atom stereocenters. The Labute approximate surface area is 118 Å². The number of fused-ring (bicyclic) bond motifs is 1. The molecule has 2 aromatic heterocycles. The van der Waals surface area contributed by atoms with Gasteiger partial charge in [-0.2, -0.15) is 0 Å². The maximum absolute atomic E-state index is 11.8. The molecule has 0 radical (unpaired) electrons. The van der Waals surface area contributed by atoms with Crippen molar-refractivity contribution in [3.63, 3.8) is 0 Å². The van der Waals surface area contributed by atoms with Crippen molar-refractivity contribution in [2.24, 2.45) is 0 Å². The maximum atomic E-state index is 11.8. The molecule has 1 aliphatic rings. The first-order chi connectivity index (χ1) is 9.74. The number of likely N-dealkylation sites (tertiary alicyclic amines) is 1. The molecule has 0 bridgehead atoms. The van der Waals surface area contributed by atoms with Crippen LogP contribution in [0.3, 0.4) is 0 Å². The Kier molecular flexibility index (Phi) is 3.42. The van der Waals surface area contributed by atoms with Gasteiger partial charge in [0.1, 0.15) is 11.3 Å². The van der Waals surface area contributed by atoms with Crippen molar-refractivity contribution in [1.82, 2.24) is 19.4 Å². The van der Waals surface area contributed by atoms with Crippen molar-refractivity contribution >= 4 is 17.1 Å². The number of hydrogen-bond donors (Lipinski definition) is 0. The Balaban J connectivity index is 1.93. The zero-order chi connectivity index (χ0) is 14.1. The summed E-state index contributed by atoms with van der Waals surface area (Å²) in [5.74, 6) is 1.65. The van der Waals surface area contributed by atoms with Crippen LogP contribution in [0.25, 0.3) is 11.2 Å². The van der Waals surface area contributed by atoms with E-state index in [1.54, 1.807) is 0 Å². The SMILES string of the molecule is CCC(=O)N1CC[C@@H](c2nc3cccnc3n2CC)C1. The first kappa shape index (κ1) is 13.1. The predicted molar refractivity (Wildman–Crippen MR) is 77.4 cm³/mol. The molecule has 0 unspecified atom stereocenters. The van der Waals surface area contributed by atoms with Crippen LogP contribution in [0.1, 0.15) is 38.4 Å². The van der Waals surface area contributed by atoms with Gasteiger partial charge in [-0.1, -0.05) is 6.92 Å². The molecule has 0 spiro atoms. The summed E-state index contributed by atoms with van der Waals surface area (Å²) in [5, 5.41) is 0. The highest BCUT2D eigenvalue weighted by Crippen LogP contribution is 2.29. The Hall–Kier alpha value is -1.91. The fourth-order valence-electron chi connectivity index (χ4n) is 3.02. The number of carbonyl (C=O) groups is 1. The molecule has 1 aliphatic heterocycles. The van der Waals surface area contributed by atoms with Crippen LogP contribution in [0.15, 0.2) is 18.3 Å². The van der Waals surface area contributed by atoms with Crippen molar-refractivity contribution < 1.29 is 4.79 Å². The molecule has 0 aliphatic carbocycles. The van der Waals surface area contributed by atoms with Crippen molar-refractivity contribution in [3.8, 4) is 0 Å². The zero-order valence-electron chi connectivity index (χ0n) is 12.0. The highest BCUT2D eigenvalue weighted by molar-refractivity contribution is 5.76. The second kappa shape index (κ2) is 5.23. The van der Waals surface area contributed by atoms with Gasteiger partial charge in [-0.3, -0.25) is 4.79 Å². The molecule has 3 heterocycles. The summed E-state index contributed by atoms with van der Waals surface area (Å²) in [4.78, 5) is 22.9. The number of amides is 1. The molecule has 5 heteroatoms. The van der Waals surface area contributed by atoms with Gasteiger partial charge in [0.15, 0.2) is 5.65 Å². The van der Waals surface area contributed by atoms with E-state index in [4.69, 9.17) is 4.98 Å². The fourth-order valence-corrected chi connectivity index (χ4v) is 3.02. The average molecular weight is 272 g/mol. The first-order valence-corrected chi connectivity index (χ1v) is 7.33. The van der Waals surface area contributed by atoms with Crippen molar-refractivity contribution in [2.45, 2.75) is 39.2 Å². The van der Waals surface area contributed by atoms with Gasteiger partial charge in [-0.25, -0.2) is 9.97 Å². The highest BCUT2D eigenvalue weighted by atomic mass is 16.2. The number of carbonyl (C=O) groups excluding carboxylic acids is 1. The standard InChI is InChI=1S/C15H20N4O/c1-3-13(20)18-9-7-11(10-18)14-17-12-6-5-8-16-15(12)19(14)4-2/h5-6,8,11H,3-4,7,9-10H2,1-2H3/t11-/m1/s1. The second-order valence-electron chi connectivity index (χ2n) is 5.24. The number of pyridine rings is 1. The van der Waals surface area contributed by atoms with Crippen LogP contribution < -0.4 is 0 Å². The van der Waals surface area contributed by atoms with Gasteiger partial charge < -0.3 is 9.47 Å². The predicted octanol–water partition coefficient (Wildman–Crippen LogP) is 2.18. The summed E-state index contributed by atoms with van der Waals surface area (Å²) < 4.78 is 2.18. The van der Waals surface area contributed by atoms with Gasteiger partial charge in [-0.05, 0) is 25.5 Å². The van der Waals surface area contributed by atoms with Crippen LogP contribution in [0, 0.1) is 0 Å². The molecule has 106 valence electrons. The summed E-state index contributed by atoms with van der Waals surface area (Å²) in [6, 6.07) is 3.92. The normalized spacial score (nSPS) is 18.9. The van der Waals surface area contributed by atoms with E-state index < -0.39 is 0 Å². The lowest BCUT2D eigenvalue weighted by Gasteiger charge is -2.15. The number of nitrogens with zero attached hydrogens (tertiary/aromatic N) is 4. The third kappa shape index (κ3) is 2.07. The van der Waals surface area contributed by atoms with Gasteiger partial charge in [-0.15, -0.1) is 0 Å². The Morgan fingerprint density at radius 3 is 3.05 bits per heavy atom. The molecule has 1 amide bonds. The molecule has 0 aromatic carbocycles. The lowest BCUT2D eigenvalue weighted by atomic mass is 10.1. The van der Waals surface area contributed by atoms with E-state index in [-0.39, 0.29) is 5.91 Å². The van der Waals surface area contributed by atoms with Gasteiger partial charge in [0, 0.05) is 38.2 Å². The molecule has 5 nitrogen and oxygen atoms in total. The minimum atomic E-state index is 0.241. The zero-order valence-corrected chi connectivity index (χ0v) is 12.0. The molecule has 0 N–H and O–H groups in total. The van der Waals surface area contributed by atoms with Gasteiger partial charge >= 0.3 is 0 Å². The maximum Gasteiger partial charge on any atom is 0.222 e. The van der Waals surface area contributed by atoms with Crippen LogP contribution >= 0.6 is 0 Å². The third-order valence-corrected chi connectivity index (χ3v) is 4.06. The van der Waals surface area contributed by atoms with Crippen LogP contribution in [0.2, 0.25) is 0 Å². The van der Waals surface area contributed by atoms with Crippen molar-refractivity contribution in [2.75, 3.05) is 13.1 Å². The lowest BCUT2D eigenvalue weighted by Crippen LogP contribution is -2.27. The summed E-state index contributed by atoms with van der Waals surface area (Å²) in [6.45, 7) is 6.53. The van der Waals surface area contributed by atoms with Gasteiger partial charge in [0.2, 0.25) is 5.91 Å².